The Labute approximate surface area is 173 Å². The van der Waals surface area contributed by atoms with Crippen LogP contribution in [0, 0.1) is 0 Å². The zero-order valence-corrected chi connectivity index (χ0v) is 16.6. The number of methoxy groups -OCH3 is 1. The molecular weight excluding hydrogens is 394 g/mol. The van der Waals surface area contributed by atoms with Gasteiger partial charge in [0, 0.05) is 6.42 Å². The van der Waals surface area contributed by atoms with Crippen LogP contribution in [0.2, 0.25) is 0 Å². The molecule has 9 heteroatoms. The van der Waals surface area contributed by atoms with Crippen molar-refractivity contribution in [2.75, 3.05) is 7.11 Å². The normalized spacial score (nSPS) is 9.83. The number of nitrogens with one attached hydrogen (secondary N) is 3. The van der Waals surface area contributed by atoms with E-state index in [1.54, 1.807) is 24.3 Å². The van der Waals surface area contributed by atoms with Crippen molar-refractivity contribution in [3.8, 4) is 5.75 Å². The summed E-state index contributed by atoms with van der Waals surface area (Å²) in [5, 5.41) is 2.25. The third kappa shape index (κ3) is 7.59. The van der Waals surface area contributed by atoms with Crippen molar-refractivity contribution >= 4 is 35.1 Å². The van der Waals surface area contributed by atoms with Gasteiger partial charge >= 0.3 is 5.97 Å². The molecule has 2 rings (SSSR count). The summed E-state index contributed by atoms with van der Waals surface area (Å²) < 4.78 is 10.2. The smallest absolute Gasteiger partial charge is 0.306 e. The number of ether oxygens (including phenoxy) is 2. The monoisotopic (exact) mass is 415 g/mol. The van der Waals surface area contributed by atoms with Crippen molar-refractivity contribution in [2.24, 2.45) is 0 Å². The number of amides is 2. The highest BCUT2D eigenvalue weighted by molar-refractivity contribution is 7.80. The van der Waals surface area contributed by atoms with Crippen LogP contribution in [0.15, 0.2) is 54.6 Å². The van der Waals surface area contributed by atoms with E-state index in [2.05, 4.69) is 20.9 Å². The SMILES string of the molecule is COC(=O)CCC(=O)NC(=S)NNC(=O)c1ccccc1OCc1ccccc1. The minimum atomic E-state index is -0.501. The molecule has 2 amide bonds. The lowest BCUT2D eigenvalue weighted by atomic mass is 10.2. The van der Waals surface area contributed by atoms with Crippen LogP contribution in [-0.4, -0.2) is 30.0 Å². The van der Waals surface area contributed by atoms with E-state index in [4.69, 9.17) is 17.0 Å². The standard InChI is InChI=1S/C20H21N3O5S/c1-27-18(25)12-11-17(24)21-20(29)23-22-19(26)15-9-5-6-10-16(15)28-13-14-7-3-2-4-8-14/h2-10H,11-13H2,1H3,(H,22,26)(H2,21,23,24,29). The Kier molecular flexibility index (Phi) is 8.58. The van der Waals surface area contributed by atoms with E-state index in [0.717, 1.165) is 5.56 Å². The van der Waals surface area contributed by atoms with Crippen molar-refractivity contribution in [3.63, 3.8) is 0 Å². The van der Waals surface area contributed by atoms with Crippen molar-refractivity contribution in [1.82, 2.24) is 16.2 Å². The molecule has 0 aliphatic carbocycles. The van der Waals surface area contributed by atoms with Gasteiger partial charge in [-0.2, -0.15) is 0 Å². The Balaban J connectivity index is 1.85. The van der Waals surface area contributed by atoms with Gasteiger partial charge in [-0.05, 0) is 29.9 Å². The van der Waals surface area contributed by atoms with Crippen LogP contribution >= 0.6 is 12.2 Å². The predicted octanol–water partition coefficient (Wildman–Crippen LogP) is 1.85. The summed E-state index contributed by atoms with van der Waals surface area (Å²) in [6, 6.07) is 16.3. The summed E-state index contributed by atoms with van der Waals surface area (Å²) in [7, 11) is 1.24. The fraction of sp³-hybridized carbons (Fsp3) is 0.200. The van der Waals surface area contributed by atoms with Crippen molar-refractivity contribution in [3.05, 3.63) is 65.7 Å². The maximum atomic E-state index is 12.4. The Hall–Kier alpha value is -3.46. The summed E-state index contributed by atoms with van der Waals surface area (Å²) >= 11 is 4.95. The van der Waals surface area contributed by atoms with E-state index in [0.29, 0.717) is 17.9 Å². The largest absolute Gasteiger partial charge is 0.488 e. The molecular formula is C20H21N3O5S. The van der Waals surface area contributed by atoms with Gasteiger partial charge in [0.1, 0.15) is 12.4 Å². The topological polar surface area (TPSA) is 106 Å². The summed E-state index contributed by atoms with van der Waals surface area (Å²) in [6.07, 6.45) is -0.151. The molecule has 0 unspecified atom stereocenters. The molecule has 0 spiro atoms. The molecule has 0 saturated carbocycles. The fourth-order valence-corrected chi connectivity index (χ4v) is 2.40. The van der Waals surface area contributed by atoms with E-state index in [-0.39, 0.29) is 18.0 Å². The summed E-state index contributed by atoms with van der Waals surface area (Å²) in [5.41, 5.74) is 6.12. The van der Waals surface area contributed by atoms with Crippen molar-refractivity contribution in [1.29, 1.82) is 0 Å². The average molecular weight is 415 g/mol. The maximum absolute atomic E-state index is 12.4. The lowest BCUT2D eigenvalue weighted by Crippen LogP contribution is -2.48. The molecule has 0 saturated heterocycles. The molecule has 152 valence electrons. The highest BCUT2D eigenvalue weighted by Gasteiger charge is 2.13. The number of carbonyl (C=O) groups is 3. The second-order valence-electron chi connectivity index (χ2n) is 5.80. The Morgan fingerprint density at radius 2 is 1.62 bits per heavy atom. The average Bonchev–Trinajstić information content (AvgIpc) is 2.75. The Morgan fingerprint density at radius 3 is 2.34 bits per heavy atom. The molecule has 2 aromatic carbocycles. The molecule has 0 heterocycles. The second-order valence-corrected chi connectivity index (χ2v) is 6.21. The predicted molar refractivity (Wildman–Crippen MR) is 110 cm³/mol. The summed E-state index contributed by atoms with van der Waals surface area (Å²) in [6.45, 7) is 0.313. The molecule has 0 aliphatic heterocycles. The molecule has 0 aromatic heterocycles. The number of hydrogen-bond donors (Lipinski definition) is 3. The Bertz CT molecular complexity index is 873. The minimum absolute atomic E-state index is 0.0660. The number of hydrazine groups is 1. The number of benzene rings is 2. The third-order valence-corrected chi connectivity index (χ3v) is 3.90. The molecule has 0 aliphatic rings. The first-order valence-electron chi connectivity index (χ1n) is 8.72. The number of hydrogen-bond acceptors (Lipinski definition) is 6. The van der Waals surface area contributed by atoms with Crippen LogP contribution < -0.4 is 20.9 Å². The second kappa shape index (κ2) is 11.4. The van der Waals surface area contributed by atoms with Crippen LogP contribution in [0.5, 0.6) is 5.75 Å². The van der Waals surface area contributed by atoms with E-state index in [1.165, 1.54) is 7.11 Å². The number of thiocarbonyl (C=S) groups is 1. The van der Waals surface area contributed by atoms with Gasteiger partial charge in [-0.1, -0.05) is 42.5 Å². The minimum Gasteiger partial charge on any atom is -0.488 e. The van der Waals surface area contributed by atoms with Gasteiger partial charge < -0.3 is 14.8 Å². The highest BCUT2D eigenvalue weighted by Crippen LogP contribution is 2.19. The quantitative estimate of drug-likeness (QED) is 0.360. The van der Waals surface area contributed by atoms with Crippen LogP contribution in [-0.2, 0) is 20.9 Å². The molecule has 29 heavy (non-hydrogen) atoms. The van der Waals surface area contributed by atoms with Crippen LogP contribution in [0.4, 0.5) is 0 Å². The number of carbonyl (C=O) groups excluding carboxylic acids is 3. The van der Waals surface area contributed by atoms with Crippen LogP contribution in [0.1, 0.15) is 28.8 Å². The Morgan fingerprint density at radius 1 is 0.931 bits per heavy atom. The molecule has 0 atom stereocenters. The van der Waals surface area contributed by atoms with Crippen LogP contribution in [0.3, 0.4) is 0 Å². The van der Waals surface area contributed by atoms with E-state index in [1.807, 2.05) is 30.3 Å². The van der Waals surface area contributed by atoms with E-state index >= 15 is 0 Å². The highest BCUT2D eigenvalue weighted by atomic mass is 32.1. The van der Waals surface area contributed by atoms with Gasteiger partial charge in [-0.25, -0.2) is 0 Å². The van der Waals surface area contributed by atoms with Crippen LogP contribution in [0.25, 0.3) is 0 Å². The molecule has 0 fully saturated rings. The zero-order chi connectivity index (χ0) is 21.1. The van der Waals surface area contributed by atoms with Gasteiger partial charge in [0.15, 0.2) is 5.11 Å². The van der Waals surface area contributed by atoms with Crippen molar-refractivity contribution in [2.45, 2.75) is 19.4 Å². The lowest BCUT2D eigenvalue weighted by Gasteiger charge is -2.13. The van der Waals surface area contributed by atoms with Gasteiger partial charge in [-0.3, -0.25) is 25.2 Å². The van der Waals surface area contributed by atoms with E-state index < -0.39 is 17.8 Å². The first-order valence-corrected chi connectivity index (χ1v) is 9.13. The molecule has 3 N–H and O–H groups in total. The summed E-state index contributed by atoms with van der Waals surface area (Å²) in [5.74, 6) is -1.06. The number of para-hydroxylation sites is 1. The summed E-state index contributed by atoms with van der Waals surface area (Å²) in [4.78, 5) is 35.1. The number of esters is 1. The van der Waals surface area contributed by atoms with Gasteiger partial charge in [0.05, 0.1) is 19.1 Å². The van der Waals surface area contributed by atoms with Gasteiger partial charge in [0.25, 0.3) is 5.91 Å². The first kappa shape index (κ1) is 21.8. The molecule has 0 radical (unpaired) electrons. The number of rotatable bonds is 7. The third-order valence-electron chi connectivity index (χ3n) is 3.70. The zero-order valence-electron chi connectivity index (χ0n) is 15.8. The maximum Gasteiger partial charge on any atom is 0.306 e. The fourth-order valence-electron chi connectivity index (χ4n) is 2.23. The van der Waals surface area contributed by atoms with Gasteiger partial charge in [0.2, 0.25) is 5.91 Å². The molecule has 2 aromatic rings. The van der Waals surface area contributed by atoms with Crippen molar-refractivity contribution < 1.29 is 23.9 Å². The first-order chi connectivity index (χ1) is 14.0. The molecule has 0 bridgehead atoms. The van der Waals surface area contributed by atoms with E-state index in [9.17, 15) is 14.4 Å². The molecule has 8 nitrogen and oxygen atoms in total. The lowest BCUT2D eigenvalue weighted by molar-refractivity contribution is -0.142. The van der Waals surface area contributed by atoms with Gasteiger partial charge in [-0.15, -0.1) is 0 Å².